The molecule has 0 saturated carbocycles. The normalized spacial score (nSPS) is 11.0. The molecule has 6 heteroatoms. The highest BCUT2D eigenvalue weighted by Crippen LogP contribution is 2.18. The van der Waals surface area contributed by atoms with Gasteiger partial charge in [-0.25, -0.2) is 0 Å². The minimum absolute atomic E-state index is 0.0883. The van der Waals surface area contributed by atoms with E-state index in [-0.39, 0.29) is 10.6 Å². The Morgan fingerprint density at radius 3 is 2.68 bits per heavy atom. The summed E-state index contributed by atoms with van der Waals surface area (Å²) >= 11 is 0. The molecule has 0 saturated heterocycles. The maximum atomic E-state index is 11.0. The first-order chi connectivity index (χ1) is 10.7. The van der Waals surface area contributed by atoms with E-state index in [9.17, 15) is 10.1 Å². The van der Waals surface area contributed by atoms with Crippen LogP contribution in [0.15, 0.2) is 48.5 Å². The molecule has 0 amide bonds. The van der Waals surface area contributed by atoms with E-state index in [1.807, 2.05) is 39.8 Å². The van der Waals surface area contributed by atoms with Gasteiger partial charge in [0.15, 0.2) is 0 Å². The van der Waals surface area contributed by atoms with Gasteiger partial charge in [-0.1, -0.05) is 31.5 Å². The number of benzene rings is 2. The summed E-state index contributed by atoms with van der Waals surface area (Å²) in [6.07, 6.45) is 2.03. The van der Waals surface area contributed by atoms with Gasteiger partial charge < -0.3 is 0 Å². The first-order valence-corrected chi connectivity index (χ1v) is 7.33. The van der Waals surface area contributed by atoms with Crippen molar-refractivity contribution in [3.8, 4) is 5.69 Å². The van der Waals surface area contributed by atoms with Crippen LogP contribution in [0.2, 0.25) is 0 Å². The monoisotopic (exact) mass is 297 g/mol. The number of rotatable bonds is 5. The van der Waals surface area contributed by atoms with Crippen LogP contribution >= 0.6 is 0 Å². The average molecular weight is 297 g/mol. The molecule has 3 aromatic rings. The van der Waals surface area contributed by atoms with Crippen LogP contribution in [0, 0.1) is 10.1 Å². The summed E-state index contributed by atoms with van der Waals surface area (Å²) in [6.45, 7) is 2.89. The molecule has 0 atom stereocenters. The number of aryl methyl sites for hydroxylation is 1. The first kappa shape index (κ1) is 14.2. The van der Waals surface area contributed by atoms with E-state index in [0.29, 0.717) is 0 Å². The maximum absolute atomic E-state index is 11.0. The van der Waals surface area contributed by atoms with Crippen molar-refractivity contribution in [1.29, 1.82) is 0 Å². The first-order valence-electron chi connectivity index (χ1n) is 7.33. The fourth-order valence-corrected chi connectivity index (χ4v) is 2.46. The number of nitro benzene ring substituents is 1. The van der Waals surface area contributed by atoms with Crippen LogP contribution in [0.3, 0.4) is 0 Å². The minimum Gasteiger partial charge on any atom is -0.258 e. The van der Waals surface area contributed by atoms with Gasteiger partial charge in [0, 0.05) is 12.1 Å². The van der Waals surface area contributed by atoms with E-state index in [1.54, 1.807) is 12.1 Å². The Balaban J connectivity index is 2.20. The van der Waals surface area contributed by atoms with Crippen LogP contribution < -0.4 is 4.68 Å². The van der Waals surface area contributed by atoms with E-state index in [4.69, 9.17) is 0 Å². The van der Waals surface area contributed by atoms with E-state index >= 15 is 0 Å². The molecule has 0 spiro atoms. The number of unbranched alkanes of at least 4 members (excludes halogenated alkanes) is 1. The second kappa shape index (κ2) is 5.93. The second-order valence-corrected chi connectivity index (χ2v) is 5.13. The number of para-hydroxylation sites is 1. The fourth-order valence-electron chi connectivity index (χ4n) is 2.46. The van der Waals surface area contributed by atoms with Gasteiger partial charge in [-0.05, 0) is 23.4 Å². The van der Waals surface area contributed by atoms with Crippen LogP contribution in [-0.2, 0) is 6.54 Å². The molecule has 0 aliphatic carbocycles. The van der Waals surface area contributed by atoms with Crippen LogP contribution in [0.4, 0.5) is 5.69 Å². The van der Waals surface area contributed by atoms with Gasteiger partial charge in [0.25, 0.3) is 5.69 Å². The Morgan fingerprint density at radius 1 is 1.23 bits per heavy atom. The van der Waals surface area contributed by atoms with Crippen molar-refractivity contribution in [2.45, 2.75) is 26.3 Å². The molecule has 0 radical (unpaired) electrons. The molecule has 0 aliphatic rings. The van der Waals surface area contributed by atoms with Gasteiger partial charge in [-0.2, -0.15) is 0 Å². The van der Waals surface area contributed by atoms with E-state index in [0.717, 1.165) is 36.1 Å². The van der Waals surface area contributed by atoms with Crippen molar-refractivity contribution in [3.63, 3.8) is 0 Å². The van der Waals surface area contributed by atoms with Crippen molar-refractivity contribution in [3.05, 3.63) is 58.6 Å². The zero-order valence-electron chi connectivity index (χ0n) is 12.3. The largest absolute Gasteiger partial charge is 0.274 e. The third-order valence-corrected chi connectivity index (χ3v) is 3.59. The third kappa shape index (κ3) is 2.55. The lowest BCUT2D eigenvalue weighted by atomic mass is 10.2. The molecule has 0 unspecified atom stereocenters. The SMILES string of the molecule is CCCC[n+]1c2cc([N+](=O)[O-])ccc2nn1-c1ccccc1. The highest BCUT2D eigenvalue weighted by atomic mass is 16.6. The van der Waals surface area contributed by atoms with Gasteiger partial charge in [-0.15, -0.1) is 4.68 Å². The lowest BCUT2D eigenvalue weighted by Gasteiger charge is -2.02. The van der Waals surface area contributed by atoms with Gasteiger partial charge in [-0.3, -0.25) is 10.1 Å². The number of fused-ring (bicyclic) bond motifs is 1. The minimum atomic E-state index is -0.372. The molecular weight excluding hydrogens is 280 g/mol. The Labute approximate surface area is 127 Å². The zero-order chi connectivity index (χ0) is 15.5. The van der Waals surface area contributed by atoms with E-state index < -0.39 is 0 Å². The Bertz CT molecular complexity index is 812. The Morgan fingerprint density at radius 2 is 2.00 bits per heavy atom. The number of aromatic nitrogens is 3. The molecule has 0 bridgehead atoms. The van der Waals surface area contributed by atoms with Crippen LogP contribution in [-0.4, -0.2) is 14.8 Å². The molecule has 6 nitrogen and oxygen atoms in total. The number of nitrogens with zero attached hydrogens (tertiary/aromatic N) is 4. The molecule has 3 rings (SSSR count). The lowest BCUT2D eigenvalue weighted by Crippen LogP contribution is -2.43. The standard InChI is InChI=1S/C16H17N4O2/c1-2-3-11-18-16-12-14(20(21)22)9-10-15(16)17-19(18)13-7-5-4-6-8-13/h4-10,12H,2-3,11H2,1H3/q+1. The van der Waals surface area contributed by atoms with Crippen molar-refractivity contribution in [1.82, 2.24) is 9.90 Å². The quantitative estimate of drug-likeness (QED) is 0.413. The van der Waals surface area contributed by atoms with Crippen LogP contribution in [0.5, 0.6) is 0 Å². The van der Waals surface area contributed by atoms with Gasteiger partial charge in [0.2, 0.25) is 11.0 Å². The van der Waals surface area contributed by atoms with E-state index in [2.05, 4.69) is 12.0 Å². The number of nitro groups is 1. The molecule has 1 heterocycles. The molecule has 0 aliphatic heterocycles. The predicted molar refractivity (Wildman–Crippen MR) is 82.8 cm³/mol. The van der Waals surface area contributed by atoms with Crippen LogP contribution in [0.1, 0.15) is 19.8 Å². The highest BCUT2D eigenvalue weighted by Gasteiger charge is 2.22. The predicted octanol–water partition coefficient (Wildman–Crippen LogP) is 3.02. The van der Waals surface area contributed by atoms with Gasteiger partial charge in [0.1, 0.15) is 12.2 Å². The Kier molecular flexibility index (Phi) is 3.82. The topological polar surface area (TPSA) is 64.8 Å². The van der Waals surface area contributed by atoms with Crippen molar-refractivity contribution in [2.24, 2.45) is 0 Å². The highest BCUT2D eigenvalue weighted by molar-refractivity contribution is 5.73. The molecule has 22 heavy (non-hydrogen) atoms. The summed E-state index contributed by atoms with van der Waals surface area (Å²) in [5.41, 5.74) is 2.57. The molecule has 0 N–H and O–H groups in total. The summed E-state index contributed by atoms with van der Waals surface area (Å²) < 4.78 is 2.00. The summed E-state index contributed by atoms with van der Waals surface area (Å²) in [6, 6.07) is 14.6. The molecule has 112 valence electrons. The number of non-ortho nitro benzene ring substituents is 1. The van der Waals surface area contributed by atoms with E-state index in [1.165, 1.54) is 6.07 Å². The second-order valence-electron chi connectivity index (χ2n) is 5.13. The van der Waals surface area contributed by atoms with Crippen molar-refractivity contribution in [2.75, 3.05) is 0 Å². The number of hydrogen-bond acceptors (Lipinski definition) is 3. The van der Waals surface area contributed by atoms with Crippen molar-refractivity contribution < 1.29 is 9.61 Å². The van der Waals surface area contributed by atoms with Crippen LogP contribution in [0.25, 0.3) is 16.7 Å². The summed E-state index contributed by atoms with van der Waals surface area (Å²) in [5.74, 6) is 0. The van der Waals surface area contributed by atoms with Crippen molar-refractivity contribution >= 4 is 16.7 Å². The smallest absolute Gasteiger partial charge is 0.258 e. The zero-order valence-corrected chi connectivity index (χ0v) is 12.3. The summed E-state index contributed by atoms with van der Waals surface area (Å²) in [7, 11) is 0. The lowest BCUT2D eigenvalue weighted by molar-refractivity contribution is -0.749. The average Bonchev–Trinajstić information content (AvgIpc) is 2.91. The molecule has 1 aromatic heterocycles. The molecule has 0 fully saturated rings. The number of hydrogen-bond donors (Lipinski definition) is 0. The molecular formula is C16H17N4O2+. The summed E-state index contributed by atoms with van der Waals surface area (Å²) in [4.78, 5) is 12.5. The third-order valence-electron chi connectivity index (χ3n) is 3.59. The fraction of sp³-hybridized carbons (Fsp3) is 0.250. The summed E-state index contributed by atoms with van der Waals surface area (Å²) in [5, 5.41) is 15.6. The molecule has 2 aromatic carbocycles. The van der Waals surface area contributed by atoms with Gasteiger partial charge in [0.05, 0.1) is 16.1 Å². The maximum Gasteiger partial charge on any atom is 0.274 e. The Hall–Kier alpha value is -2.76. The van der Waals surface area contributed by atoms with Gasteiger partial charge >= 0.3 is 0 Å².